The van der Waals surface area contributed by atoms with E-state index in [2.05, 4.69) is 10.4 Å². The van der Waals surface area contributed by atoms with E-state index in [1.165, 1.54) is 0 Å². The highest BCUT2D eigenvalue weighted by Crippen LogP contribution is 2.19. The first kappa shape index (κ1) is 19.4. The van der Waals surface area contributed by atoms with Crippen LogP contribution in [0.15, 0.2) is 24.3 Å². The van der Waals surface area contributed by atoms with Gasteiger partial charge < -0.3 is 10.2 Å². The van der Waals surface area contributed by atoms with E-state index in [9.17, 15) is 9.59 Å². The Labute approximate surface area is 164 Å². The Morgan fingerprint density at radius 3 is 2.33 bits per heavy atom. The fourth-order valence-electron chi connectivity index (χ4n) is 3.34. The van der Waals surface area contributed by atoms with Gasteiger partial charge in [-0.2, -0.15) is 5.10 Å². The van der Waals surface area contributed by atoms with Gasteiger partial charge >= 0.3 is 0 Å². The van der Waals surface area contributed by atoms with Crippen LogP contribution in [0.25, 0.3) is 0 Å². The maximum absolute atomic E-state index is 12.6. The van der Waals surface area contributed by atoms with Gasteiger partial charge in [0.1, 0.15) is 6.54 Å². The second kappa shape index (κ2) is 8.13. The summed E-state index contributed by atoms with van der Waals surface area (Å²) in [6.45, 7) is 7.12. The van der Waals surface area contributed by atoms with E-state index in [1.54, 1.807) is 4.68 Å². The largest absolute Gasteiger partial charge is 0.352 e. The SMILES string of the molecule is Cc1ccc(C(=O)N2CCC(NC(=O)Cn3nc(C)c(Cl)c3C)CC2)cc1. The number of hydrogen-bond acceptors (Lipinski definition) is 3. The molecule has 0 bridgehead atoms. The van der Waals surface area contributed by atoms with Crippen LogP contribution in [-0.2, 0) is 11.3 Å². The lowest BCUT2D eigenvalue weighted by Crippen LogP contribution is -2.47. The Balaban J connectivity index is 1.50. The molecular weight excluding hydrogens is 364 g/mol. The second-order valence-corrected chi connectivity index (χ2v) is 7.52. The molecule has 0 saturated carbocycles. The lowest BCUT2D eigenvalue weighted by atomic mass is 10.0. The normalized spacial score (nSPS) is 15.0. The summed E-state index contributed by atoms with van der Waals surface area (Å²) in [7, 11) is 0. The fourth-order valence-corrected chi connectivity index (χ4v) is 3.48. The number of nitrogens with one attached hydrogen (secondary N) is 1. The maximum Gasteiger partial charge on any atom is 0.253 e. The summed E-state index contributed by atoms with van der Waals surface area (Å²) in [5.74, 6) is -0.0300. The highest BCUT2D eigenvalue weighted by Gasteiger charge is 2.25. The number of halogens is 1. The van der Waals surface area contributed by atoms with E-state index in [0.29, 0.717) is 23.7 Å². The third kappa shape index (κ3) is 4.50. The number of benzene rings is 1. The average molecular weight is 389 g/mol. The topological polar surface area (TPSA) is 67.2 Å². The van der Waals surface area contributed by atoms with Gasteiger partial charge in [0.15, 0.2) is 0 Å². The monoisotopic (exact) mass is 388 g/mol. The fraction of sp³-hybridized carbons (Fsp3) is 0.450. The van der Waals surface area contributed by atoms with Crippen molar-refractivity contribution in [1.29, 1.82) is 0 Å². The van der Waals surface area contributed by atoms with Crippen LogP contribution >= 0.6 is 11.6 Å². The molecule has 3 rings (SSSR count). The van der Waals surface area contributed by atoms with Gasteiger partial charge in [-0.3, -0.25) is 14.3 Å². The van der Waals surface area contributed by atoms with Gasteiger partial charge in [0.25, 0.3) is 5.91 Å². The molecule has 7 heteroatoms. The number of piperidine rings is 1. The van der Waals surface area contributed by atoms with E-state index in [0.717, 1.165) is 29.8 Å². The highest BCUT2D eigenvalue weighted by molar-refractivity contribution is 6.31. The first-order chi connectivity index (χ1) is 12.8. The Morgan fingerprint density at radius 1 is 1.15 bits per heavy atom. The molecule has 1 saturated heterocycles. The van der Waals surface area contributed by atoms with Crippen molar-refractivity contribution in [2.45, 2.75) is 46.2 Å². The number of likely N-dealkylation sites (tertiary alicyclic amines) is 1. The predicted molar refractivity (Wildman–Crippen MR) is 105 cm³/mol. The van der Waals surface area contributed by atoms with Crippen molar-refractivity contribution >= 4 is 23.4 Å². The molecule has 1 aromatic carbocycles. The van der Waals surface area contributed by atoms with Crippen LogP contribution in [0.3, 0.4) is 0 Å². The minimum absolute atomic E-state index is 0.0528. The third-order valence-corrected chi connectivity index (χ3v) is 5.58. The Morgan fingerprint density at radius 2 is 1.78 bits per heavy atom. The van der Waals surface area contributed by atoms with E-state index in [1.807, 2.05) is 49.9 Å². The molecule has 0 spiro atoms. The van der Waals surface area contributed by atoms with Crippen LogP contribution in [0.2, 0.25) is 5.02 Å². The smallest absolute Gasteiger partial charge is 0.253 e. The van der Waals surface area contributed by atoms with E-state index in [-0.39, 0.29) is 24.4 Å². The van der Waals surface area contributed by atoms with Gasteiger partial charge in [-0.25, -0.2) is 0 Å². The molecule has 1 N–H and O–H groups in total. The van der Waals surface area contributed by atoms with Gasteiger partial charge in [-0.1, -0.05) is 29.3 Å². The third-order valence-electron chi connectivity index (χ3n) is 5.03. The zero-order valence-corrected chi connectivity index (χ0v) is 16.7. The lowest BCUT2D eigenvalue weighted by Gasteiger charge is -2.32. The summed E-state index contributed by atoms with van der Waals surface area (Å²) < 4.78 is 1.63. The van der Waals surface area contributed by atoms with Gasteiger partial charge in [-0.05, 0) is 45.7 Å². The number of aryl methyl sites for hydroxylation is 2. The molecule has 2 heterocycles. The molecule has 27 heavy (non-hydrogen) atoms. The van der Waals surface area contributed by atoms with Crippen molar-refractivity contribution in [3.8, 4) is 0 Å². The summed E-state index contributed by atoms with van der Waals surface area (Å²) in [5, 5.41) is 7.94. The summed E-state index contributed by atoms with van der Waals surface area (Å²) in [4.78, 5) is 26.7. The number of aromatic nitrogens is 2. The number of hydrogen-bond donors (Lipinski definition) is 1. The number of rotatable bonds is 4. The number of nitrogens with zero attached hydrogens (tertiary/aromatic N) is 3. The van der Waals surface area contributed by atoms with Crippen molar-refractivity contribution in [3.05, 3.63) is 51.8 Å². The van der Waals surface area contributed by atoms with Crippen LogP contribution in [0, 0.1) is 20.8 Å². The van der Waals surface area contributed by atoms with E-state index < -0.39 is 0 Å². The highest BCUT2D eigenvalue weighted by atomic mass is 35.5. The molecule has 1 aromatic heterocycles. The van der Waals surface area contributed by atoms with Gasteiger partial charge in [0, 0.05) is 24.7 Å². The average Bonchev–Trinajstić information content (AvgIpc) is 2.89. The molecule has 0 radical (unpaired) electrons. The van der Waals surface area contributed by atoms with Crippen LogP contribution in [0.4, 0.5) is 0 Å². The zero-order chi connectivity index (χ0) is 19.6. The number of carbonyl (C=O) groups is 2. The predicted octanol–water partition coefficient (Wildman–Crippen LogP) is 2.88. The standard InChI is InChI=1S/C20H25ClN4O2/c1-13-4-6-16(7-5-13)20(27)24-10-8-17(9-11-24)22-18(26)12-25-15(3)19(21)14(2)23-25/h4-7,17H,8-12H2,1-3H3,(H,22,26). The molecule has 1 fully saturated rings. The molecule has 0 aliphatic carbocycles. The molecule has 1 aliphatic heterocycles. The summed E-state index contributed by atoms with van der Waals surface area (Å²) in [5.41, 5.74) is 3.37. The Kier molecular flexibility index (Phi) is 5.85. The van der Waals surface area contributed by atoms with Crippen LogP contribution in [-0.4, -0.2) is 45.6 Å². The summed E-state index contributed by atoms with van der Waals surface area (Å²) in [6.07, 6.45) is 1.50. The van der Waals surface area contributed by atoms with Crippen molar-refractivity contribution in [2.75, 3.05) is 13.1 Å². The minimum atomic E-state index is -0.0828. The molecule has 0 atom stereocenters. The van der Waals surface area contributed by atoms with Crippen LogP contribution in [0.5, 0.6) is 0 Å². The van der Waals surface area contributed by atoms with Crippen molar-refractivity contribution in [3.63, 3.8) is 0 Å². The Hall–Kier alpha value is -2.34. The molecule has 0 unspecified atom stereocenters. The number of carbonyl (C=O) groups excluding carboxylic acids is 2. The first-order valence-electron chi connectivity index (χ1n) is 9.20. The Bertz CT molecular complexity index is 836. The summed E-state index contributed by atoms with van der Waals surface area (Å²) in [6, 6.07) is 7.71. The molecule has 1 aliphatic rings. The maximum atomic E-state index is 12.6. The van der Waals surface area contributed by atoms with Crippen molar-refractivity contribution in [2.24, 2.45) is 0 Å². The number of amides is 2. The quantitative estimate of drug-likeness (QED) is 0.875. The van der Waals surface area contributed by atoms with Crippen LogP contribution in [0.1, 0.15) is 40.2 Å². The van der Waals surface area contributed by atoms with Gasteiger partial charge in [-0.15, -0.1) is 0 Å². The van der Waals surface area contributed by atoms with E-state index >= 15 is 0 Å². The molecule has 144 valence electrons. The minimum Gasteiger partial charge on any atom is -0.352 e. The van der Waals surface area contributed by atoms with E-state index in [4.69, 9.17) is 11.6 Å². The van der Waals surface area contributed by atoms with Crippen molar-refractivity contribution in [1.82, 2.24) is 20.0 Å². The second-order valence-electron chi connectivity index (χ2n) is 7.14. The molecule has 2 amide bonds. The molecule has 2 aromatic rings. The molecular formula is C20H25ClN4O2. The van der Waals surface area contributed by atoms with Crippen LogP contribution < -0.4 is 5.32 Å². The molecule has 6 nitrogen and oxygen atoms in total. The van der Waals surface area contributed by atoms with Gasteiger partial charge in [0.2, 0.25) is 5.91 Å². The van der Waals surface area contributed by atoms with Gasteiger partial charge in [0.05, 0.1) is 16.4 Å². The lowest BCUT2D eigenvalue weighted by molar-refractivity contribution is -0.122. The summed E-state index contributed by atoms with van der Waals surface area (Å²) >= 11 is 6.13. The van der Waals surface area contributed by atoms with Crippen molar-refractivity contribution < 1.29 is 9.59 Å². The first-order valence-corrected chi connectivity index (χ1v) is 9.57. The zero-order valence-electron chi connectivity index (χ0n) is 16.0.